The lowest BCUT2D eigenvalue weighted by Crippen LogP contribution is -2.53. The summed E-state index contributed by atoms with van der Waals surface area (Å²) >= 11 is 3.48. The summed E-state index contributed by atoms with van der Waals surface area (Å²) in [5, 5.41) is 0. The molecule has 1 unspecified atom stereocenters. The summed E-state index contributed by atoms with van der Waals surface area (Å²) in [6.07, 6.45) is 0. The van der Waals surface area contributed by atoms with Gasteiger partial charge < -0.3 is 4.90 Å². The normalized spacial score (nSPS) is 20.6. The summed E-state index contributed by atoms with van der Waals surface area (Å²) in [6, 6.07) is 6.36. The second kappa shape index (κ2) is 6.06. The zero-order valence-corrected chi connectivity index (χ0v) is 13.4. The van der Waals surface area contributed by atoms with Crippen molar-refractivity contribution in [1.82, 2.24) is 9.80 Å². The fraction of sp³-hybridized carbons (Fsp3) is 0.533. The Balaban J connectivity index is 2.14. The van der Waals surface area contributed by atoms with Crippen molar-refractivity contribution < 1.29 is 4.79 Å². The lowest BCUT2D eigenvalue weighted by atomic mass is 10.1. The van der Waals surface area contributed by atoms with Crippen LogP contribution < -0.4 is 0 Å². The highest BCUT2D eigenvalue weighted by Crippen LogP contribution is 2.21. The molecule has 2 rings (SSSR count). The molecule has 1 aliphatic heterocycles. The summed E-state index contributed by atoms with van der Waals surface area (Å²) in [7, 11) is 0. The number of hydrogen-bond acceptors (Lipinski definition) is 2. The van der Waals surface area contributed by atoms with Crippen molar-refractivity contribution in [2.24, 2.45) is 0 Å². The van der Waals surface area contributed by atoms with Crippen molar-refractivity contribution in [1.29, 1.82) is 0 Å². The number of carbonyl (C=O) groups is 1. The van der Waals surface area contributed by atoms with E-state index in [9.17, 15) is 4.79 Å². The van der Waals surface area contributed by atoms with E-state index < -0.39 is 0 Å². The van der Waals surface area contributed by atoms with Crippen LogP contribution in [0.3, 0.4) is 0 Å². The molecule has 0 saturated carbocycles. The van der Waals surface area contributed by atoms with Crippen LogP contribution in [-0.4, -0.2) is 47.9 Å². The Morgan fingerprint density at radius 2 is 2.16 bits per heavy atom. The molecule has 0 N–H and O–H groups in total. The van der Waals surface area contributed by atoms with Crippen molar-refractivity contribution in [3.8, 4) is 0 Å². The third kappa shape index (κ3) is 3.18. The van der Waals surface area contributed by atoms with Crippen LogP contribution in [0.15, 0.2) is 22.7 Å². The summed E-state index contributed by atoms with van der Waals surface area (Å²) in [6.45, 7) is 10.0. The van der Waals surface area contributed by atoms with Gasteiger partial charge in [-0.15, -0.1) is 0 Å². The van der Waals surface area contributed by atoms with Gasteiger partial charge in [0.2, 0.25) is 0 Å². The van der Waals surface area contributed by atoms with Gasteiger partial charge >= 0.3 is 0 Å². The third-order valence-electron chi connectivity index (χ3n) is 3.81. The van der Waals surface area contributed by atoms with Crippen molar-refractivity contribution in [2.75, 3.05) is 26.2 Å². The van der Waals surface area contributed by atoms with E-state index in [0.29, 0.717) is 6.04 Å². The van der Waals surface area contributed by atoms with E-state index in [1.54, 1.807) is 0 Å². The molecule has 1 heterocycles. The molecular formula is C15H21BrN2O. The van der Waals surface area contributed by atoms with Crippen molar-refractivity contribution in [2.45, 2.75) is 26.8 Å². The average Bonchev–Trinajstić information content (AvgIpc) is 2.40. The maximum Gasteiger partial charge on any atom is 0.255 e. The quantitative estimate of drug-likeness (QED) is 0.835. The Morgan fingerprint density at radius 3 is 2.79 bits per heavy atom. The molecule has 0 aliphatic carbocycles. The van der Waals surface area contributed by atoms with E-state index in [0.717, 1.165) is 41.8 Å². The SMILES string of the molecule is CCN1CCN(C(=O)c2cc(C)ccc2Br)CC1C. The van der Waals surface area contributed by atoms with Gasteiger partial charge in [-0.05, 0) is 48.5 Å². The third-order valence-corrected chi connectivity index (χ3v) is 4.50. The van der Waals surface area contributed by atoms with E-state index in [-0.39, 0.29) is 5.91 Å². The molecule has 1 amide bonds. The smallest absolute Gasteiger partial charge is 0.255 e. The molecule has 1 aromatic carbocycles. The predicted octanol–water partition coefficient (Wildman–Crippen LogP) is 2.92. The summed E-state index contributed by atoms with van der Waals surface area (Å²) in [5.41, 5.74) is 1.89. The molecule has 1 aromatic rings. The molecule has 0 aromatic heterocycles. The highest BCUT2D eigenvalue weighted by Gasteiger charge is 2.27. The standard InChI is InChI=1S/C15H21BrN2O/c1-4-17-7-8-18(10-12(17)3)15(19)13-9-11(2)5-6-14(13)16/h5-6,9,12H,4,7-8,10H2,1-3H3. The van der Waals surface area contributed by atoms with Crippen LogP contribution in [-0.2, 0) is 0 Å². The van der Waals surface area contributed by atoms with Crippen molar-refractivity contribution >= 4 is 21.8 Å². The van der Waals surface area contributed by atoms with Gasteiger partial charge in [0.05, 0.1) is 5.56 Å². The first kappa shape index (κ1) is 14.5. The maximum absolute atomic E-state index is 12.6. The summed E-state index contributed by atoms with van der Waals surface area (Å²) in [4.78, 5) is 17.0. The van der Waals surface area contributed by atoms with Gasteiger partial charge in [0.15, 0.2) is 0 Å². The van der Waals surface area contributed by atoms with E-state index >= 15 is 0 Å². The number of likely N-dealkylation sites (N-methyl/N-ethyl adjacent to an activating group) is 1. The topological polar surface area (TPSA) is 23.6 Å². The van der Waals surface area contributed by atoms with Gasteiger partial charge in [-0.1, -0.05) is 18.6 Å². The minimum atomic E-state index is 0.137. The Bertz CT molecular complexity index is 475. The number of amides is 1. The van der Waals surface area contributed by atoms with E-state index in [4.69, 9.17) is 0 Å². The van der Waals surface area contributed by atoms with Crippen LogP contribution in [0.25, 0.3) is 0 Å². The molecule has 1 atom stereocenters. The number of aryl methyl sites for hydroxylation is 1. The average molecular weight is 325 g/mol. The molecule has 3 nitrogen and oxygen atoms in total. The van der Waals surface area contributed by atoms with E-state index in [2.05, 4.69) is 34.7 Å². The molecule has 4 heteroatoms. The van der Waals surface area contributed by atoms with Crippen LogP contribution in [0.1, 0.15) is 29.8 Å². The molecule has 1 saturated heterocycles. The number of nitrogens with zero attached hydrogens (tertiary/aromatic N) is 2. The van der Waals surface area contributed by atoms with Gasteiger partial charge in [0.1, 0.15) is 0 Å². The van der Waals surface area contributed by atoms with Crippen LogP contribution in [0.5, 0.6) is 0 Å². The molecular weight excluding hydrogens is 304 g/mol. The molecule has 0 bridgehead atoms. The van der Waals surface area contributed by atoms with Crippen LogP contribution in [0, 0.1) is 6.92 Å². The zero-order chi connectivity index (χ0) is 14.0. The Morgan fingerprint density at radius 1 is 1.42 bits per heavy atom. The Hall–Kier alpha value is -0.870. The Labute approximate surface area is 123 Å². The first-order chi connectivity index (χ1) is 9.02. The number of piperazine rings is 1. The highest BCUT2D eigenvalue weighted by atomic mass is 79.9. The molecule has 19 heavy (non-hydrogen) atoms. The molecule has 0 radical (unpaired) electrons. The number of benzene rings is 1. The summed E-state index contributed by atoms with van der Waals surface area (Å²) < 4.78 is 0.883. The Kier molecular flexibility index (Phi) is 4.63. The van der Waals surface area contributed by atoms with Crippen LogP contribution in [0.2, 0.25) is 0 Å². The van der Waals surface area contributed by atoms with Gasteiger partial charge in [-0.25, -0.2) is 0 Å². The van der Waals surface area contributed by atoms with Gasteiger partial charge in [0, 0.05) is 30.1 Å². The largest absolute Gasteiger partial charge is 0.336 e. The van der Waals surface area contributed by atoms with Gasteiger partial charge in [-0.3, -0.25) is 9.69 Å². The van der Waals surface area contributed by atoms with Gasteiger partial charge in [0.25, 0.3) is 5.91 Å². The monoisotopic (exact) mass is 324 g/mol. The lowest BCUT2D eigenvalue weighted by molar-refractivity contribution is 0.0527. The molecule has 1 fully saturated rings. The highest BCUT2D eigenvalue weighted by molar-refractivity contribution is 9.10. The molecule has 0 spiro atoms. The minimum absolute atomic E-state index is 0.137. The lowest BCUT2D eigenvalue weighted by Gasteiger charge is -2.39. The second-order valence-electron chi connectivity index (χ2n) is 5.21. The minimum Gasteiger partial charge on any atom is -0.336 e. The fourth-order valence-corrected chi connectivity index (χ4v) is 3.04. The number of carbonyl (C=O) groups excluding carboxylic acids is 1. The summed E-state index contributed by atoms with van der Waals surface area (Å²) in [5.74, 6) is 0.137. The van der Waals surface area contributed by atoms with E-state index in [1.807, 2.05) is 30.0 Å². The molecule has 104 valence electrons. The fourth-order valence-electron chi connectivity index (χ4n) is 2.62. The van der Waals surface area contributed by atoms with E-state index in [1.165, 1.54) is 0 Å². The van der Waals surface area contributed by atoms with Crippen molar-refractivity contribution in [3.63, 3.8) is 0 Å². The van der Waals surface area contributed by atoms with Crippen LogP contribution in [0.4, 0.5) is 0 Å². The second-order valence-corrected chi connectivity index (χ2v) is 6.07. The first-order valence-corrected chi connectivity index (χ1v) is 7.61. The number of halogens is 1. The van der Waals surface area contributed by atoms with Crippen molar-refractivity contribution in [3.05, 3.63) is 33.8 Å². The van der Waals surface area contributed by atoms with Crippen LogP contribution >= 0.6 is 15.9 Å². The molecule has 1 aliphatic rings. The van der Waals surface area contributed by atoms with Gasteiger partial charge in [-0.2, -0.15) is 0 Å². The zero-order valence-electron chi connectivity index (χ0n) is 11.8. The number of hydrogen-bond donors (Lipinski definition) is 0. The maximum atomic E-state index is 12.6. The first-order valence-electron chi connectivity index (χ1n) is 6.82. The number of rotatable bonds is 2. The predicted molar refractivity (Wildman–Crippen MR) is 81.5 cm³/mol.